The van der Waals surface area contributed by atoms with Crippen molar-refractivity contribution in [2.24, 2.45) is 0 Å². The molecule has 2 rings (SSSR count). The van der Waals surface area contributed by atoms with Crippen molar-refractivity contribution in [3.8, 4) is 0 Å². The van der Waals surface area contributed by atoms with Crippen molar-refractivity contribution in [3.63, 3.8) is 0 Å². The molecule has 0 bridgehead atoms. The molecule has 0 spiro atoms. The second kappa shape index (κ2) is 6.71. The first-order chi connectivity index (χ1) is 9.58. The Hall–Kier alpha value is -1.61. The molecule has 0 fully saturated rings. The van der Waals surface area contributed by atoms with E-state index in [1.54, 1.807) is 0 Å². The quantitative estimate of drug-likeness (QED) is 0.900. The van der Waals surface area contributed by atoms with Gasteiger partial charge in [0.1, 0.15) is 0 Å². The summed E-state index contributed by atoms with van der Waals surface area (Å²) in [6.07, 6.45) is 0.844. The summed E-state index contributed by atoms with van der Waals surface area (Å²) >= 11 is 3.47. The molecule has 2 aromatic rings. The SMILES string of the molecule is Cc1cccc(CCNC(=O)c2cccc(C)c2Br)c1. The molecule has 0 aliphatic heterocycles. The Kier molecular flexibility index (Phi) is 4.96. The number of rotatable bonds is 4. The third-order valence-electron chi connectivity index (χ3n) is 3.22. The lowest BCUT2D eigenvalue weighted by Crippen LogP contribution is -2.26. The third kappa shape index (κ3) is 3.70. The van der Waals surface area contributed by atoms with Gasteiger partial charge in [0, 0.05) is 11.0 Å². The molecule has 0 atom stereocenters. The van der Waals surface area contributed by atoms with Crippen LogP contribution in [0.2, 0.25) is 0 Å². The summed E-state index contributed by atoms with van der Waals surface area (Å²) < 4.78 is 0.869. The number of benzene rings is 2. The van der Waals surface area contributed by atoms with Gasteiger partial charge in [-0.15, -0.1) is 0 Å². The molecule has 3 heteroatoms. The summed E-state index contributed by atoms with van der Waals surface area (Å²) in [5, 5.41) is 2.97. The van der Waals surface area contributed by atoms with E-state index < -0.39 is 0 Å². The van der Waals surface area contributed by atoms with Crippen molar-refractivity contribution in [2.75, 3.05) is 6.54 Å². The van der Waals surface area contributed by atoms with E-state index in [0.717, 1.165) is 16.5 Å². The van der Waals surface area contributed by atoms with E-state index in [1.165, 1.54) is 11.1 Å². The number of carbonyl (C=O) groups is 1. The molecule has 2 aromatic carbocycles. The molecule has 0 aliphatic rings. The molecule has 0 radical (unpaired) electrons. The average Bonchev–Trinajstić information content (AvgIpc) is 2.42. The lowest BCUT2D eigenvalue weighted by molar-refractivity contribution is 0.0953. The summed E-state index contributed by atoms with van der Waals surface area (Å²) in [5.74, 6) is -0.0340. The number of carbonyl (C=O) groups excluding carboxylic acids is 1. The van der Waals surface area contributed by atoms with Crippen molar-refractivity contribution in [2.45, 2.75) is 20.3 Å². The lowest BCUT2D eigenvalue weighted by Gasteiger charge is -2.09. The first kappa shape index (κ1) is 14.8. The van der Waals surface area contributed by atoms with Crippen LogP contribution < -0.4 is 5.32 Å². The molecule has 0 aromatic heterocycles. The Morgan fingerprint density at radius 2 is 1.90 bits per heavy atom. The van der Waals surface area contributed by atoms with Gasteiger partial charge < -0.3 is 5.32 Å². The van der Waals surface area contributed by atoms with Crippen molar-refractivity contribution in [1.82, 2.24) is 5.32 Å². The monoisotopic (exact) mass is 331 g/mol. The molecule has 0 unspecified atom stereocenters. The van der Waals surface area contributed by atoms with Gasteiger partial charge in [0.25, 0.3) is 5.91 Å². The summed E-state index contributed by atoms with van der Waals surface area (Å²) in [5.41, 5.74) is 4.24. The number of nitrogens with one attached hydrogen (secondary N) is 1. The molecule has 0 heterocycles. The Morgan fingerprint density at radius 3 is 2.65 bits per heavy atom. The van der Waals surface area contributed by atoms with E-state index in [4.69, 9.17) is 0 Å². The lowest BCUT2D eigenvalue weighted by atomic mass is 10.1. The minimum atomic E-state index is -0.0340. The van der Waals surface area contributed by atoms with Gasteiger partial charge in [0.05, 0.1) is 5.56 Å². The van der Waals surface area contributed by atoms with Crippen LogP contribution in [0.25, 0.3) is 0 Å². The van der Waals surface area contributed by atoms with Gasteiger partial charge in [0.2, 0.25) is 0 Å². The standard InChI is InChI=1S/C17H18BrNO/c1-12-5-3-7-14(11-12)9-10-19-17(20)15-8-4-6-13(2)16(15)18/h3-8,11H,9-10H2,1-2H3,(H,19,20). The maximum Gasteiger partial charge on any atom is 0.252 e. The highest BCUT2D eigenvalue weighted by molar-refractivity contribution is 9.10. The Labute approximate surface area is 128 Å². The molecule has 1 amide bonds. The normalized spacial score (nSPS) is 10.3. The van der Waals surface area contributed by atoms with Gasteiger partial charge in [-0.2, -0.15) is 0 Å². The van der Waals surface area contributed by atoms with Gasteiger partial charge in [-0.25, -0.2) is 0 Å². The summed E-state index contributed by atoms with van der Waals surface area (Å²) in [6, 6.07) is 14.1. The van der Waals surface area contributed by atoms with Gasteiger partial charge in [0.15, 0.2) is 0 Å². The second-order valence-electron chi connectivity index (χ2n) is 4.93. The van der Waals surface area contributed by atoms with Crippen LogP contribution in [-0.2, 0) is 6.42 Å². The Morgan fingerprint density at radius 1 is 1.15 bits per heavy atom. The minimum Gasteiger partial charge on any atom is -0.352 e. The summed E-state index contributed by atoms with van der Waals surface area (Å²) in [6.45, 7) is 4.70. The zero-order valence-electron chi connectivity index (χ0n) is 11.7. The second-order valence-corrected chi connectivity index (χ2v) is 5.72. The van der Waals surface area contributed by atoms with Crippen LogP contribution in [0.5, 0.6) is 0 Å². The van der Waals surface area contributed by atoms with Gasteiger partial charge in [-0.05, 0) is 53.4 Å². The van der Waals surface area contributed by atoms with Crippen molar-refractivity contribution in [1.29, 1.82) is 0 Å². The maximum atomic E-state index is 12.1. The molecular weight excluding hydrogens is 314 g/mol. The fourth-order valence-corrected chi connectivity index (χ4v) is 2.55. The number of hydrogen-bond donors (Lipinski definition) is 1. The van der Waals surface area contributed by atoms with E-state index in [-0.39, 0.29) is 5.91 Å². The van der Waals surface area contributed by atoms with Crippen molar-refractivity contribution >= 4 is 21.8 Å². The van der Waals surface area contributed by atoms with Crippen LogP contribution in [-0.4, -0.2) is 12.5 Å². The number of aryl methyl sites for hydroxylation is 2. The van der Waals surface area contributed by atoms with Gasteiger partial charge in [-0.3, -0.25) is 4.79 Å². The maximum absolute atomic E-state index is 12.1. The van der Waals surface area contributed by atoms with Gasteiger partial charge in [-0.1, -0.05) is 42.0 Å². The predicted molar refractivity (Wildman–Crippen MR) is 86.1 cm³/mol. The minimum absolute atomic E-state index is 0.0340. The zero-order chi connectivity index (χ0) is 14.5. The molecular formula is C17H18BrNO. The van der Waals surface area contributed by atoms with E-state index in [9.17, 15) is 4.79 Å². The van der Waals surface area contributed by atoms with Crippen LogP contribution in [0.3, 0.4) is 0 Å². The van der Waals surface area contributed by atoms with Crippen LogP contribution in [0, 0.1) is 13.8 Å². The van der Waals surface area contributed by atoms with E-state index in [1.807, 2.05) is 31.2 Å². The van der Waals surface area contributed by atoms with Crippen LogP contribution in [0.4, 0.5) is 0 Å². The smallest absolute Gasteiger partial charge is 0.252 e. The zero-order valence-corrected chi connectivity index (χ0v) is 13.3. The summed E-state index contributed by atoms with van der Waals surface area (Å²) in [4.78, 5) is 12.1. The van der Waals surface area contributed by atoms with Crippen LogP contribution >= 0.6 is 15.9 Å². The first-order valence-electron chi connectivity index (χ1n) is 6.67. The first-order valence-corrected chi connectivity index (χ1v) is 7.46. The topological polar surface area (TPSA) is 29.1 Å². The molecule has 0 saturated heterocycles. The summed E-state index contributed by atoms with van der Waals surface area (Å²) in [7, 11) is 0. The highest BCUT2D eigenvalue weighted by atomic mass is 79.9. The Balaban J connectivity index is 1.94. The molecule has 1 N–H and O–H groups in total. The number of amides is 1. The fourth-order valence-electron chi connectivity index (χ4n) is 2.11. The van der Waals surface area contributed by atoms with E-state index in [2.05, 4.69) is 46.4 Å². The van der Waals surface area contributed by atoms with Crippen molar-refractivity contribution in [3.05, 3.63) is 69.2 Å². The third-order valence-corrected chi connectivity index (χ3v) is 4.27. The average molecular weight is 332 g/mol. The highest BCUT2D eigenvalue weighted by Gasteiger charge is 2.10. The number of hydrogen-bond acceptors (Lipinski definition) is 1. The largest absolute Gasteiger partial charge is 0.352 e. The predicted octanol–water partition coefficient (Wildman–Crippen LogP) is 4.04. The Bertz CT molecular complexity index is 622. The van der Waals surface area contributed by atoms with Crippen LogP contribution in [0.1, 0.15) is 27.0 Å². The van der Waals surface area contributed by atoms with Crippen molar-refractivity contribution < 1.29 is 4.79 Å². The van der Waals surface area contributed by atoms with Crippen LogP contribution in [0.15, 0.2) is 46.9 Å². The van der Waals surface area contributed by atoms with E-state index in [0.29, 0.717) is 12.1 Å². The van der Waals surface area contributed by atoms with E-state index >= 15 is 0 Å². The molecule has 2 nitrogen and oxygen atoms in total. The fraction of sp³-hybridized carbons (Fsp3) is 0.235. The molecule has 0 saturated carbocycles. The highest BCUT2D eigenvalue weighted by Crippen LogP contribution is 2.20. The molecule has 104 valence electrons. The number of halogens is 1. The van der Waals surface area contributed by atoms with Gasteiger partial charge >= 0.3 is 0 Å². The molecule has 0 aliphatic carbocycles. The molecule has 20 heavy (non-hydrogen) atoms.